The van der Waals surface area contributed by atoms with Gasteiger partial charge in [-0.1, -0.05) is 58.0 Å². The minimum absolute atomic E-state index is 0.00904. The third kappa shape index (κ3) is 3.91. The van der Waals surface area contributed by atoms with Crippen molar-refractivity contribution >= 4 is 69.8 Å². The number of nitrogens with one attached hydrogen (secondary N) is 1. The fourth-order valence-electron chi connectivity index (χ4n) is 0.949. The predicted molar refractivity (Wildman–Crippen MR) is 75.4 cm³/mol. The molecule has 0 saturated heterocycles. The van der Waals surface area contributed by atoms with Gasteiger partial charge in [-0.05, 0) is 0 Å². The van der Waals surface area contributed by atoms with E-state index in [2.05, 4.69) is 0 Å². The summed E-state index contributed by atoms with van der Waals surface area (Å²) in [5.74, 6) is -1.02. The highest BCUT2D eigenvalue weighted by atomic mass is 35.5. The molecule has 2 rings (SSSR count). The molecule has 9 heteroatoms. The predicted octanol–water partition coefficient (Wildman–Crippen LogP) is 3.86. The standard InChI is InChI=1S/C6HCl5O.C4H3NO2/c7-1-2(8)4(10)6(12)5(11)3(1)9;6-3-1-2-4(7)5-3/h12H;1-2H,(H,5,6,7). The van der Waals surface area contributed by atoms with Gasteiger partial charge in [-0.3, -0.25) is 14.9 Å². The van der Waals surface area contributed by atoms with Crippen LogP contribution in [0.5, 0.6) is 5.75 Å². The lowest BCUT2D eigenvalue weighted by molar-refractivity contribution is -0.123. The highest BCUT2D eigenvalue weighted by Gasteiger charge is 2.18. The molecule has 0 unspecified atom stereocenters. The van der Waals surface area contributed by atoms with Crippen molar-refractivity contribution in [2.24, 2.45) is 0 Å². The summed E-state index contributed by atoms with van der Waals surface area (Å²) in [5, 5.41) is 11.0. The molecule has 0 aliphatic carbocycles. The van der Waals surface area contributed by atoms with E-state index < -0.39 is 0 Å². The fourth-order valence-corrected chi connectivity index (χ4v) is 2.08. The van der Waals surface area contributed by atoms with Crippen LogP contribution in [0.15, 0.2) is 12.2 Å². The molecule has 0 bridgehead atoms. The maximum atomic E-state index is 10.0. The minimum Gasteiger partial charge on any atom is -0.505 e. The number of carbonyl (C=O) groups is 2. The molecule has 1 aliphatic rings. The van der Waals surface area contributed by atoms with Crippen molar-refractivity contribution in [1.82, 2.24) is 5.32 Å². The van der Waals surface area contributed by atoms with Crippen LogP contribution >= 0.6 is 58.0 Å². The molecule has 1 aliphatic heterocycles. The lowest BCUT2D eigenvalue weighted by atomic mass is 10.3. The van der Waals surface area contributed by atoms with Gasteiger partial charge in [-0.25, -0.2) is 0 Å². The van der Waals surface area contributed by atoms with Gasteiger partial charge in [0.2, 0.25) is 0 Å². The van der Waals surface area contributed by atoms with Crippen molar-refractivity contribution < 1.29 is 14.7 Å². The van der Waals surface area contributed by atoms with E-state index in [0.29, 0.717) is 0 Å². The number of imide groups is 1. The third-order valence-electron chi connectivity index (χ3n) is 1.82. The van der Waals surface area contributed by atoms with Gasteiger partial charge in [-0.2, -0.15) is 0 Å². The molecule has 2 amide bonds. The highest BCUT2D eigenvalue weighted by molar-refractivity contribution is 6.55. The minimum atomic E-state index is -0.363. The van der Waals surface area contributed by atoms with E-state index in [-0.39, 0.29) is 42.7 Å². The second kappa shape index (κ2) is 6.68. The Labute approximate surface area is 132 Å². The van der Waals surface area contributed by atoms with E-state index in [0.717, 1.165) is 0 Å². The van der Waals surface area contributed by atoms with Crippen LogP contribution in [0.4, 0.5) is 0 Å². The van der Waals surface area contributed by atoms with Gasteiger partial charge >= 0.3 is 0 Å². The summed E-state index contributed by atoms with van der Waals surface area (Å²) in [6, 6.07) is 0. The quantitative estimate of drug-likeness (QED) is 0.418. The molecule has 1 aromatic carbocycles. The van der Waals surface area contributed by atoms with Gasteiger partial charge in [0.25, 0.3) is 11.8 Å². The number of phenols is 1. The monoisotopic (exact) mass is 361 g/mol. The fraction of sp³-hybridized carbons (Fsp3) is 0. The van der Waals surface area contributed by atoms with Crippen LogP contribution in [0.2, 0.25) is 25.1 Å². The number of aromatic hydroxyl groups is 1. The zero-order chi connectivity index (χ0) is 14.7. The molecule has 102 valence electrons. The topological polar surface area (TPSA) is 66.4 Å². The average molecular weight is 363 g/mol. The van der Waals surface area contributed by atoms with Crippen LogP contribution in [0.25, 0.3) is 0 Å². The summed E-state index contributed by atoms with van der Waals surface area (Å²) in [6.07, 6.45) is 2.39. The third-order valence-corrected chi connectivity index (χ3v) is 4.08. The Kier molecular flexibility index (Phi) is 5.77. The molecular weight excluding hydrogens is 359 g/mol. The number of rotatable bonds is 0. The molecule has 1 heterocycles. The Bertz CT molecular complexity index is 464. The first-order valence-electron chi connectivity index (χ1n) is 4.49. The number of hydrogen-bond acceptors (Lipinski definition) is 3. The van der Waals surface area contributed by atoms with Crippen LogP contribution in [-0.2, 0) is 9.59 Å². The molecular formula is C10H4Cl5NO3. The number of benzene rings is 1. The number of hydrogen-bond donors (Lipinski definition) is 2. The Morgan fingerprint density at radius 3 is 1.32 bits per heavy atom. The molecule has 0 radical (unpaired) electrons. The van der Waals surface area contributed by atoms with Crippen molar-refractivity contribution in [3.63, 3.8) is 0 Å². The van der Waals surface area contributed by atoms with Crippen LogP contribution in [0, 0.1) is 0 Å². The smallest absolute Gasteiger partial charge is 0.250 e. The first-order valence-corrected chi connectivity index (χ1v) is 6.38. The second-order valence-corrected chi connectivity index (χ2v) is 5.00. The maximum absolute atomic E-state index is 10.0. The van der Waals surface area contributed by atoms with E-state index in [9.17, 15) is 14.7 Å². The molecule has 1 aromatic rings. The van der Waals surface area contributed by atoms with Crippen molar-refractivity contribution in [2.75, 3.05) is 0 Å². The first-order chi connectivity index (χ1) is 8.75. The van der Waals surface area contributed by atoms with E-state index >= 15 is 0 Å². The van der Waals surface area contributed by atoms with Gasteiger partial charge in [0.1, 0.15) is 10.0 Å². The Morgan fingerprint density at radius 2 is 1.05 bits per heavy atom. The molecule has 0 atom stereocenters. The van der Waals surface area contributed by atoms with Gasteiger partial charge in [-0.15, -0.1) is 0 Å². The van der Waals surface area contributed by atoms with Gasteiger partial charge < -0.3 is 5.11 Å². The number of amides is 2. The van der Waals surface area contributed by atoms with Crippen LogP contribution in [-0.4, -0.2) is 16.9 Å². The number of phenolic OH excluding ortho intramolecular Hbond substituents is 1. The normalized spacial score (nSPS) is 13.1. The molecule has 0 saturated carbocycles. The Balaban J connectivity index is 0.000000218. The largest absolute Gasteiger partial charge is 0.505 e. The molecule has 4 nitrogen and oxygen atoms in total. The summed E-state index contributed by atoms with van der Waals surface area (Å²) < 4.78 is 0. The van der Waals surface area contributed by atoms with Crippen molar-refractivity contribution in [2.45, 2.75) is 0 Å². The summed E-state index contributed by atoms with van der Waals surface area (Å²) in [4.78, 5) is 20.1. The number of carbonyl (C=O) groups excluding carboxylic acids is 2. The molecule has 19 heavy (non-hydrogen) atoms. The highest BCUT2D eigenvalue weighted by Crippen LogP contribution is 2.47. The van der Waals surface area contributed by atoms with E-state index in [1.54, 1.807) is 0 Å². The van der Waals surface area contributed by atoms with E-state index in [1.165, 1.54) is 12.2 Å². The molecule has 0 fully saturated rings. The van der Waals surface area contributed by atoms with E-state index in [1.807, 2.05) is 5.32 Å². The first kappa shape index (κ1) is 16.4. The summed E-state index contributed by atoms with van der Waals surface area (Å²) >= 11 is 27.9. The van der Waals surface area contributed by atoms with Crippen molar-refractivity contribution in [1.29, 1.82) is 0 Å². The number of halogens is 5. The second-order valence-electron chi connectivity index (χ2n) is 3.11. The SMILES string of the molecule is O=C1C=CC(=O)N1.Oc1c(Cl)c(Cl)c(Cl)c(Cl)c1Cl. The van der Waals surface area contributed by atoms with Crippen LogP contribution < -0.4 is 5.32 Å². The van der Waals surface area contributed by atoms with Gasteiger partial charge in [0.15, 0.2) is 5.75 Å². The molecule has 2 N–H and O–H groups in total. The van der Waals surface area contributed by atoms with Gasteiger partial charge in [0, 0.05) is 12.2 Å². The zero-order valence-corrected chi connectivity index (χ0v) is 12.6. The average Bonchev–Trinajstić information content (AvgIpc) is 2.76. The summed E-state index contributed by atoms with van der Waals surface area (Å²) in [6.45, 7) is 0. The Morgan fingerprint density at radius 1 is 0.737 bits per heavy atom. The molecule has 0 spiro atoms. The lowest BCUT2D eigenvalue weighted by Crippen LogP contribution is -2.19. The van der Waals surface area contributed by atoms with Gasteiger partial charge in [0.05, 0.1) is 15.1 Å². The summed E-state index contributed by atoms with van der Waals surface area (Å²) in [5.41, 5.74) is 0. The summed E-state index contributed by atoms with van der Waals surface area (Å²) in [7, 11) is 0. The maximum Gasteiger partial charge on any atom is 0.250 e. The lowest BCUT2D eigenvalue weighted by Gasteiger charge is -2.06. The van der Waals surface area contributed by atoms with Crippen molar-refractivity contribution in [3.8, 4) is 5.75 Å². The van der Waals surface area contributed by atoms with Crippen LogP contribution in [0.3, 0.4) is 0 Å². The molecule has 0 aromatic heterocycles. The Hall–Kier alpha value is -0.650. The van der Waals surface area contributed by atoms with Crippen molar-refractivity contribution in [3.05, 3.63) is 37.3 Å². The zero-order valence-electron chi connectivity index (χ0n) is 8.81. The van der Waals surface area contributed by atoms with E-state index in [4.69, 9.17) is 58.0 Å². The van der Waals surface area contributed by atoms with Crippen LogP contribution in [0.1, 0.15) is 0 Å².